The molecule has 6 heteroatoms. The van der Waals surface area contributed by atoms with Crippen LogP contribution in [0.4, 0.5) is 0 Å². The van der Waals surface area contributed by atoms with E-state index in [1.165, 1.54) is 43.0 Å². The van der Waals surface area contributed by atoms with Gasteiger partial charge in [0.05, 0.1) is 5.69 Å². The van der Waals surface area contributed by atoms with Crippen molar-refractivity contribution in [2.45, 2.75) is 64.5 Å². The molecule has 4 aliphatic rings. The molecule has 4 fully saturated rings. The zero-order chi connectivity index (χ0) is 21.3. The lowest BCUT2D eigenvalue weighted by Gasteiger charge is -2.57. The number of H-pyrrole nitrogens is 1. The summed E-state index contributed by atoms with van der Waals surface area (Å²) in [5.41, 5.74) is 5.43. The van der Waals surface area contributed by atoms with Gasteiger partial charge in [-0.2, -0.15) is 0 Å². The Bertz CT molecular complexity index is 1200. The molecule has 0 radical (unpaired) electrons. The van der Waals surface area contributed by atoms with Gasteiger partial charge in [-0.15, -0.1) is 0 Å². The van der Waals surface area contributed by atoms with E-state index in [0.29, 0.717) is 17.2 Å². The molecule has 4 aliphatic carbocycles. The van der Waals surface area contributed by atoms with Crippen molar-refractivity contribution in [1.29, 1.82) is 0 Å². The lowest BCUT2D eigenvalue weighted by molar-refractivity contribution is -0.0207. The lowest BCUT2D eigenvalue weighted by Crippen LogP contribution is -2.58. The smallest absolute Gasteiger partial charge is 0.272 e. The van der Waals surface area contributed by atoms with E-state index in [4.69, 9.17) is 16.6 Å². The van der Waals surface area contributed by atoms with E-state index < -0.39 is 0 Å². The molecule has 0 amide bonds. The second-order valence-corrected chi connectivity index (χ2v) is 10.8. The predicted octanol–water partition coefficient (Wildman–Crippen LogP) is 5.02. The Balaban J connectivity index is 1.35. The lowest BCUT2D eigenvalue weighted by atomic mass is 9.53. The van der Waals surface area contributed by atoms with Crippen LogP contribution in [0.25, 0.3) is 16.8 Å². The van der Waals surface area contributed by atoms with Gasteiger partial charge in [0.15, 0.2) is 5.65 Å². The summed E-state index contributed by atoms with van der Waals surface area (Å²) in [6.07, 6.45) is 8.14. The maximum Gasteiger partial charge on any atom is 0.272 e. The zero-order valence-corrected chi connectivity index (χ0v) is 18.9. The summed E-state index contributed by atoms with van der Waals surface area (Å²) < 4.78 is 1.54. The van der Waals surface area contributed by atoms with Gasteiger partial charge in [0.1, 0.15) is 0 Å². The summed E-state index contributed by atoms with van der Waals surface area (Å²) in [6.45, 7) is 4.63. The van der Waals surface area contributed by atoms with Crippen molar-refractivity contribution in [3.05, 3.63) is 56.6 Å². The van der Waals surface area contributed by atoms with E-state index in [1.807, 2.05) is 32.0 Å². The first kappa shape index (κ1) is 19.6. The van der Waals surface area contributed by atoms with Crippen LogP contribution in [-0.4, -0.2) is 20.1 Å². The van der Waals surface area contributed by atoms with E-state index in [1.54, 1.807) is 6.07 Å². The summed E-state index contributed by atoms with van der Waals surface area (Å²) in [4.78, 5) is 17.8. The molecule has 0 unspecified atom stereocenters. The highest BCUT2D eigenvalue weighted by Crippen LogP contribution is 2.55. The fourth-order valence-corrected chi connectivity index (χ4v) is 7.37. The first-order valence-corrected chi connectivity index (χ1v) is 11.9. The number of hydrogen-bond donors (Lipinski definition) is 2. The van der Waals surface area contributed by atoms with Crippen LogP contribution in [0.3, 0.4) is 0 Å². The zero-order valence-electron chi connectivity index (χ0n) is 18.2. The molecule has 7 rings (SSSR count). The molecule has 4 saturated carbocycles. The van der Waals surface area contributed by atoms with Crippen LogP contribution in [0, 0.1) is 31.6 Å². The van der Waals surface area contributed by atoms with Crippen molar-refractivity contribution in [1.82, 2.24) is 19.9 Å². The molecule has 0 atom stereocenters. The quantitative estimate of drug-likeness (QED) is 0.603. The van der Waals surface area contributed by atoms with Crippen molar-refractivity contribution in [2.24, 2.45) is 17.8 Å². The van der Waals surface area contributed by atoms with Crippen LogP contribution in [-0.2, 0) is 6.54 Å². The van der Waals surface area contributed by atoms with Crippen molar-refractivity contribution in [2.75, 3.05) is 0 Å². The van der Waals surface area contributed by atoms with Crippen LogP contribution in [0.1, 0.15) is 55.5 Å². The van der Waals surface area contributed by atoms with Crippen LogP contribution < -0.4 is 10.9 Å². The van der Waals surface area contributed by atoms with Gasteiger partial charge in [-0.1, -0.05) is 23.7 Å². The highest BCUT2D eigenvalue weighted by atomic mass is 35.5. The molecule has 0 aliphatic heterocycles. The van der Waals surface area contributed by atoms with Gasteiger partial charge in [0.2, 0.25) is 0 Å². The molecule has 3 aromatic rings. The van der Waals surface area contributed by atoms with Crippen molar-refractivity contribution in [3.8, 4) is 11.1 Å². The van der Waals surface area contributed by atoms with Gasteiger partial charge >= 0.3 is 0 Å². The van der Waals surface area contributed by atoms with Crippen molar-refractivity contribution in [3.63, 3.8) is 0 Å². The number of nitrogens with zero attached hydrogens (tertiary/aromatic N) is 2. The largest absolute Gasteiger partial charge is 0.306 e. The number of rotatable bonds is 4. The van der Waals surface area contributed by atoms with Crippen molar-refractivity contribution >= 4 is 17.2 Å². The van der Waals surface area contributed by atoms with Crippen LogP contribution in [0.2, 0.25) is 5.02 Å². The third kappa shape index (κ3) is 3.25. The Morgan fingerprint density at radius 3 is 2.45 bits per heavy atom. The highest BCUT2D eigenvalue weighted by molar-refractivity contribution is 6.33. The van der Waals surface area contributed by atoms with E-state index in [0.717, 1.165) is 45.8 Å². The molecular formula is C25H29ClN4O. The normalized spacial score (nSPS) is 29.2. The van der Waals surface area contributed by atoms with Gasteiger partial charge in [-0.25, -0.2) is 9.50 Å². The molecular weight excluding hydrogens is 408 g/mol. The molecule has 31 heavy (non-hydrogen) atoms. The average molecular weight is 437 g/mol. The Morgan fingerprint density at radius 2 is 1.81 bits per heavy atom. The molecule has 2 heterocycles. The Kier molecular flexibility index (Phi) is 4.38. The molecule has 0 spiro atoms. The topological polar surface area (TPSA) is 62.2 Å². The number of halogens is 1. The first-order chi connectivity index (χ1) is 14.9. The number of benzene rings is 1. The standard InChI is InChI=1S/C25H29ClN4O/c1-14-3-4-20(21(26)5-14)23-15(2)29-30-22(31)9-19(28-24(23)30)13-27-25-10-16-6-17(11-25)8-18(7-16)12-25/h3-5,9,16-18,27,29H,6-8,10-13H2,1-2H3. The maximum atomic E-state index is 12.9. The van der Waals surface area contributed by atoms with Gasteiger partial charge in [-0.05, 0) is 81.8 Å². The fourth-order valence-electron chi connectivity index (χ4n) is 7.04. The van der Waals surface area contributed by atoms with Crippen LogP contribution >= 0.6 is 11.6 Å². The molecule has 4 bridgehead atoms. The monoisotopic (exact) mass is 436 g/mol. The summed E-state index contributed by atoms with van der Waals surface area (Å²) in [6, 6.07) is 7.68. The van der Waals surface area contributed by atoms with Crippen molar-refractivity contribution < 1.29 is 0 Å². The summed E-state index contributed by atoms with van der Waals surface area (Å²) in [5.74, 6) is 2.67. The van der Waals surface area contributed by atoms with Gasteiger partial charge in [-0.3, -0.25) is 9.89 Å². The first-order valence-electron chi connectivity index (χ1n) is 11.5. The SMILES string of the molecule is Cc1ccc(-c2c(C)[nH]n3c(=O)cc(CNC45CC6CC(CC(C6)C4)C5)nc23)c(Cl)c1. The Hall–Kier alpha value is -2.11. The predicted molar refractivity (Wildman–Crippen MR) is 123 cm³/mol. The van der Waals surface area contributed by atoms with Gasteiger partial charge in [0.25, 0.3) is 5.56 Å². The van der Waals surface area contributed by atoms with Gasteiger partial charge < -0.3 is 5.32 Å². The molecule has 1 aromatic carbocycles. The van der Waals surface area contributed by atoms with Gasteiger partial charge in [0, 0.05) is 40.0 Å². The minimum Gasteiger partial charge on any atom is -0.306 e. The number of nitrogens with one attached hydrogen (secondary N) is 2. The molecule has 5 nitrogen and oxygen atoms in total. The van der Waals surface area contributed by atoms with E-state index in [9.17, 15) is 4.79 Å². The van der Waals surface area contributed by atoms with Crippen LogP contribution in [0.5, 0.6) is 0 Å². The minimum absolute atomic E-state index is 0.0788. The number of aryl methyl sites for hydroxylation is 2. The number of aromatic nitrogens is 3. The van der Waals surface area contributed by atoms with E-state index in [2.05, 4.69) is 10.4 Å². The molecule has 2 aromatic heterocycles. The minimum atomic E-state index is -0.0788. The maximum absolute atomic E-state index is 12.9. The number of hydrogen-bond acceptors (Lipinski definition) is 3. The number of aromatic amines is 1. The second kappa shape index (κ2) is 6.94. The van der Waals surface area contributed by atoms with E-state index >= 15 is 0 Å². The summed E-state index contributed by atoms with van der Waals surface area (Å²) in [5, 5.41) is 7.73. The average Bonchev–Trinajstić information content (AvgIpc) is 3.02. The fraction of sp³-hybridized carbons (Fsp3) is 0.520. The summed E-state index contributed by atoms with van der Waals surface area (Å²) >= 11 is 6.57. The Labute approximate surface area is 187 Å². The molecule has 0 saturated heterocycles. The molecule has 2 N–H and O–H groups in total. The third-order valence-electron chi connectivity index (χ3n) is 7.93. The van der Waals surface area contributed by atoms with Crippen LogP contribution in [0.15, 0.2) is 29.1 Å². The van der Waals surface area contributed by atoms with E-state index in [-0.39, 0.29) is 11.1 Å². The summed E-state index contributed by atoms with van der Waals surface area (Å²) in [7, 11) is 0. The number of fused-ring (bicyclic) bond motifs is 1. The third-order valence-corrected chi connectivity index (χ3v) is 8.24. The molecule has 162 valence electrons. The highest BCUT2D eigenvalue weighted by Gasteiger charge is 2.50. The Morgan fingerprint density at radius 1 is 1.13 bits per heavy atom. The second-order valence-electron chi connectivity index (χ2n) is 10.4.